The van der Waals surface area contributed by atoms with Gasteiger partial charge in [0.25, 0.3) is 5.91 Å². The Hall–Kier alpha value is -5.73. The van der Waals surface area contributed by atoms with Crippen LogP contribution in [0.25, 0.3) is 11.1 Å². The van der Waals surface area contributed by atoms with Crippen LogP contribution in [0.1, 0.15) is 49.0 Å². The molecule has 1 aliphatic heterocycles. The molecule has 15 heteroatoms. The van der Waals surface area contributed by atoms with E-state index in [1.807, 2.05) is 44.2 Å². The van der Waals surface area contributed by atoms with E-state index in [9.17, 15) is 28.8 Å². The predicted octanol–water partition coefficient (Wildman–Crippen LogP) is 1.12. The minimum atomic E-state index is -1.06. The molecule has 4 N–H and O–H groups in total. The van der Waals surface area contributed by atoms with E-state index in [1.54, 1.807) is 24.3 Å². The highest BCUT2D eigenvalue weighted by Crippen LogP contribution is 2.14. The highest BCUT2D eigenvalue weighted by molar-refractivity contribution is 5.97. The Morgan fingerprint density at radius 3 is 2.39 bits per heavy atom. The first-order valence-electron chi connectivity index (χ1n) is 16.0. The number of para-hydroxylation sites is 2. The molecule has 0 spiro atoms. The summed E-state index contributed by atoms with van der Waals surface area (Å²) in [4.78, 5) is 81.0. The van der Waals surface area contributed by atoms with E-state index in [1.165, 1.54) is 22.5 Å². The molecule has 0 unspecified atom stereocenters. The van der Waals surface area contributed by atoms with Crippen molar-refractivity contribution in [2.75, 3.05) is 13.1 Å². The van der Waals surface area contributed by atoms with Gasteiger partial charge in [-0.15, -0.1) is 0 Å². The monoisotopic (exact) mass is 673 g/mol. The molecule has 3 heterocycles. The second kappa shape index (κ2) is 15.4. The van der Waals surface area contributed by atoms with Gasteiger partial charge in [-0.2, -0.15) is 0 Å². The van der Waals surface area contributed by atoms with Gasteiger partial charge in [0.05, 0.1) is 12.1 Å². The van der Waals surface area contributed by atoms with Crippen molar-refractivity contribution < 1.29 is 32.9 Å². The van der Waals surface area contributed by atoms with Crippen LogP contribution in [-0.4, -0.2) is 75.4 Å². The highest BCUT2D eigenvalue weighted by Gasteiger charge is 2.30. The third-order valence-corrected chi connectivity index (χ3v) is 8.04. The number of nitrogens with zero attached hydrogens (tertiary/aromatic N) is 3. The van der Waals surface area contributed by atoms with Crippen LogP contribution in [-0.2, 0) is 38.7 Å². The van der Waals surface area contributed by atoms with Crippen molar-refractivity contribution in [1.29, 1.82) is 0 Å². The molecule has 1 aliphatic rings. The average Bonchev–Trinajstić information content (AvgIpc) is 3.67. The molecule has 2 aromatic carbocycles. The first-order chi connectivity index (χ1) is 23.5. The van der Waals surface area contributed by atoms with Gasteiger partial charge in [-0.3, -0.25) is 28.5 Å². The van der Waals surface area contributed by atoms with Gasteiger partial charge < -0.3 is 35.1 Å². The van der Waals surface area contributed by atoms with Gasteiger partial charge in [0.1, 0.15) is 24.7 Å². The molecule has 5 rings (SSSR count). The summed E-state index contributed by atoms with van der Waals surface area (Å²) in [5, 5.41) is 14.7. The number of rotatable bonds is 6. The molecule has 0 aliphatic carbocycles. The maximum absolute atomic E-state index is 13.7. The molecule has 5 amide bonds. The number of carbonyl (C=O) groups is 5. The lowest BCUT2D eigenvalue weighted by atomic mass is 10.0. The molecule has 258 valence electrons. The molecular weight excluding hydrogens is 634 g/mol. The van der Waals surface area contributed by atoms with Crippen LogP contribution in [0.3, 0.4) is 0 Å². The SMILES string of the molecule is CC(C)C[C@H]1NC(=O)[C@@H](C)NC(=O)c2cc(on2)CN(C(=O)Cn2c(=O)oc3ccccc32)CCNC(=O)[C@@H](Cc2ccccc2)NC1=O. The van der Waals surface area contributed by atoms with Crippen LogP contribution in [0.2, 0.25) is 0 Å². The fraction of sp³-hybridized carbons (Fsp3) is 0.382. The van der Waals surface area contributed by atoms with E-state index in [4.69, 9.17) is 8.94 Å². The number of hydrogen-bond acceptors (Lipinski definition) is 9. The van der Waals surface area contributed by atoms with Crippen molar-refractivity contribution in [3.8, 4) is 0 Å². The minimum Gasteiger partial charge on any atom is -0.408 e. The van der Waals surface area contributed by atoms with E-state index >= 15 is 0 Å². The lowest BCUT2D eigenvalue weighted by Gasteiger charge is -2.26. The van der Waals surface area contributed by atoms with Gasteiger partial charge in [0.15, 0.2) is 17.0 Å². The van der Waals surface area contributed by atoms with Crippen molar-refractivity contribution in [2.45, 2.75) is 64.8 Å². The van der Waals surface area contributed by atoms with E-state index in [2.05, 4.69) is 26.4 Å². The van der Waals surface area contributed by atoms with Crippen molar-refractivity contribution >= 4 is 40.6 Å². The third-order valence-electron chi connectivity index (χ3n) is 8.04. The van der Waals surface area contributed by atoms with Crippen molar-refractivity contribution in [3.05, 3.63) is 88.2 Å². The lowest BCUT2D eigenvalue weighted by Crippen LogP contribution is -2.57. The maximum Gasteiger partial charge on any atom is 0.420 e. The van der Waals surface area contributed by atoms with Crippen LogP contribution in [0.4, 0.5) is 0 Å². The lowest BCUT2D eigenvalue weighted by molar-refractivity contribution is -0.134. The molecule has 2 bridgehead atoms. The quantitative estimate of drug-likeness (QED) is 0.232. The molecule has 2 aromatic heterocycles. The number of nitrogens with one attached hydrogen (secondary N) is 4. The number of aromatic nitrogens is 2. The summed E-state index contributed by atoms with van der Waals surface area (Å²) in [6, 6.07) is 14.1. The zero-order chi connectivity index (χ0) is 35.1. The number of oxazole rings is 1. The minimum absolute atomic E-state index is 0.00757. The molecule has 0 saturated carbocycles. The van der Waals surface area contributed by atoms with E-state index < -0.39 is 53.4 Å². The molecule has 3 atom stereocenters. The van der Waals surface area contributed by atoms with E-state index in [0.29, 0.717) is 11.1 Å². The standard InChI is InChI=1S/C34H39N7O8/c1-20(2)15-24-32(45)38-25(16-22-9-5-4-6-10-22)31(44)35-13-14-40(29(42)19-41-27-11-7-8-12-28(27)48-34(41)47)18-23-17-26(39-49-23)33(46)36-21(3)30(43)37-24/h4-12,17,20-21,24-25H,13-16,18-19H2,1-3H3,(H,35,44)(H,36,46)(H,37,43)(H,38,45)/t21-,24-,25-/m1/s1. The van der Waals surface area contributed by atoms with E-state index in [-0.39, 0.29) is 56.4 Å². The first kappa shape index (κ1) is 34.6. The van der Waals surface area contributed by atoms with Crippen LogP contribution in [0.5, 0.6) is 0 Å². The Balaban J connectivity index is 1.44. The van der Waals surface area contributed by atoms with E-state index in [0.717, 1.165) is 5.56 Å². The first-order valence-corrected chi connectivity index (χ1v) is 16.0. The summed E-state index contributed by atoms with van der Waals surface area (Å²) in [6.45, 7) is 4.67. The third kappa shape index (κ3) is 8.80. The summed E-state index contributed by atoms with van der Waals surface area (Å²) in [5.74, 6) is -3.43. The predicted molar refractivity (Wildman–Crippen MR) is 176 cm³/mol. The van der Waals surface area contributed by atoms with Gasteiger partial charge >= 0.3 is 5.76 Å². The summed E-state index contributed by atoms with van der Waals surface area (Å²) in [5.41, 5.74) is 1.42. The number of fused-ring (bicyclic) bond motifs is 3. The Kier molecular flexibility index (Phi) is 10.9. The summed E-state index contributed by atoms with van der Waals surface area (Å²) >= 11 is 0. The Morgan fingerprint density at radius 2 is 1.63 bits per heavy atom. The topological polar surface area (TPSA) is 198 Å². The van der Waals surface area contributed by atoms with Gasteiger partial charge in [-0.05, 0) is 37.0 Å². The van der Waals surface area contributed by atoms with Gasteiger partial charge in [-0.1, -0.05) is 61.5 Å². The summed E-state index contributed by atoms with van der Waals surface area (Å²) < 4.78 is 11.8. The van der Waals surface area contributed by atoms with Crippen LogP contribution in [0.15, 0.2) is 74.4 Å². The average molecular weight is 674 g/mol. The fourth-order valence-electron chi connectivity index (χ4n) is 5.48. The Bertz CT molecular complexity index is 1880. The molecule has 0 fully saturated rings. The number of carbonyl (C=O) groups excluding carboxylic acids is 5. The number of amides is 5. The second-order valence-electron chi connectivity index (χ2n) is 12.3. The zero-order valence-corrected chi connectivity index (χ0v) is 27.4. The molecular formula is C34H39N7O8. The molecule has 15 nitrogen and oxygen atoms in total. The normalized spacial score (nSPS) is 19.8. The smallest absolute Gasteiger partial charge is 0.408 e. The fourth-order valence-corrected chi connectivity index (χ4v) is 5.48. The summed E-state index contributed by atoms with van der Waals surface area (Å²) in [6.07, 6.45) is 0.434. The van der Waals surface area contributed by atoms with Crippen LogP contribution < -0.4 is 27.0 Å². The van der Waals surface area contributed by atoms with Crippen molar-refractivity contribution in [3.63, 3.8) is 0 Å². The molecule has 0 radical (unpaired) electrons. The Morgan fingerprint density at radius 1 is 0.918 bits per heavy atom. The highest BCUT2D eigenvalue weighted by atomic mass is 16.5. The molecule has 49 heavy (non-hydrogen) atoms. The zero-order valence-electron chi connectivity index (χ0n) is 27.4. The Labute approximate surface area is 281 Å². The second-order valence-corrected chi connectivity index (χ2v) is 12.3. The number of hydrogen-bond donors (Lipinski definition) is 4. The van der Waals surface area contributed by atoms with Gasteiger partial charge in [0.2, 0.25) is 23.6 Å². The largest absolute Gasteiger partial charge is 0.420 e. The van der Waals surface area contributed by atoms with Gasteiger partial charge in [-0.25, -0.2) is 4.79 Å². The molecule has 0 saturated heterocycles. The maximum atomic E-state index is 13.7. The van der Waals surface area contributed by atoms with Crippen molar-refractivity contribution in [2.24, 2.45) is 5.92 Å². The van der Waals surface area contributed by atoms with Crippen LogP contribution >= 0.6 is 0 Å². The van der Waals surface area contributed by atoms with Gasteiger partial charge in [0, 0.05) is 25.6 Å². The number of benzene rings is 2. The van der Waals surface area contributed by atoms with Crippen molar-refractivity contribution in [1.82, 2.24) is 35.9 Å². The summed E-state index contributed by atoms with van der Waals surface area (Å²) in [7, 11) is 0. The molecule has 4 aromatic rings. The van der Waals surface area contributed by atoms with Crippen LogP contribution in [0, 0.1) is 5.92 Å².